The SMILES string of the molecule is COCc1ccc(C(=O)Nc2ccc(-c3nc(CNC(=O)C4(C)CCCCC4)c(C)o3)cc2)o1. The Kier molecular flexibility index (Phi) is 7.17. The van der Waals surface area contributed by atoms with Crippen LogP contribution in [-0.4, -0.2) is 23.9 Å². The van der Waals surface area contributed by atoms with Gasteiger partial charge >= 0.3 is 0 Å². The van der Waals surface area contributed by atoms with Crippen LogP contribution in [0.4, 0.5) is 5.69 Å². The molecule has 1 saturated carbocycles. The van der Waals surface area contributed by atoms with Crippen LogP contribution >= 0.6 is 0 Å². The number of hydrogen-bond acceptors (Lipinski definition) is 6. The second kappa shape index (κ2) is 10.3. The molecule has 0 unspecified atom stereocenters. The number of amides is 2. The minimum atomic E-state index is -0.341. The van der Waals surface area contributed by atoms with Crippen molar-refractivity contribution in [1.82, 2.24) is 10.3 Å². The maximum atomic E-state index is 12.7. The van der Waals surface area contributed by atoms with Crippen molar-refractivity contribution in [2.75, 3.05) is 12.4 Å². The second-order valence-corrected chi connectivity index (χ2v) is 9.06. The number of methoxy groups -OCH3 is 1. The van der Waals surface area contributed by atoms with E-state index in [-0.39, 0.29) is 23.0 Å². The molecule has 4 rings (SSSR count). The van der Waals surface area contributed by atoms with Gasteiger partial charge in [0.1, 0.15) is 23.8 Å². The first kappa shape index (κ1) is 23.8. The summed E-state index contributed by atoms with van der Waals surface area (Å²) in [6.45, 7) is 4.54. The van der Waals surface area contributed by atoms with E-state index in [0.29, 0.717) is 41.9 Å². The molecule has 8 heteroatoms. The minimum absolute atomic E-state index is 0.0853. The zero-order valence-corrected chi connectivity index (χ0v) is 19.9. The third-order valence-corrected chi connectivity index (χ3v) is 6.38. The number of carbonyl (C=O) groups excluding carboxylic acids is 2. The molecule has 1 fully saturated rings. The van der Waals surface area contributed by atoms with Crippen molar-refractivity contribution in [3.8, 4) is 11.5 Å². The largest absolute Gasteiger partial charge is 0.453 e. The number of furan rings is 1. The number of hydrogen-bond donors (Lipinski definition) is 2. The van der Waals surface area contributed by atoms with Gasteiger partial charge in [0, 0.05) is 23.8 Å². The Bertz CT molecular complexity index is 1140. The summed E-state index contributed by atoms with van der Waals surface area (Å²) in [4.78, 5) is 29.7. The van der Waals surface area contributed by atoms with E-state index in [9.17, 15) is 9.59 Å². The molecule has 8 nitrogen and oxygen atoms in total. The Morgan fingerprint density at radius 2 is 1.79 bits per heavy atom. The Balaban J connectivity index is 1.36. The van der Waals surface area contributed by atoms with Crippen LogP contribution in [0.15, 0.2) is 45.2 Å². The van der Waals surface area contributed by atoms with Gasteiger partial charge in [0.2, 0.25) is 11.8 Å². The lowest BCUT2D eigenvalue weighted by atomic mass is 9.75. The van der Waals surface area contributed by atoms with Crippen LogP contribution < -0.4 is 10.6 Å². The summed E-state index contributed by atoms with van der Waals surface area (Å²) in [5.41, 5.74) is 1.82. The summed E-state index contributed by atoms with van der Waals surface area (Å²) >= 11 is 0. The summed E-state index contributed by atoms with van der Waals surface area (Å²) in [5, 5.41) is 5.85. The fourth-order valence-electron chi connectivity index (χ4n) is 4.26. The van der Waals surface area contributed by atoms with Crippen LogP contribution in [0.5, 0.6) is 0 Å². The number of rotatable bonds is 8. The number of anilines is 1. The fourth-order valence-corrected chi connectivity index (χ4v) is 4.26. The van der Waals surface area contributed by atoms with Gasteiger partial charge in [-0.1, -0.05) is 26.2 Å². The highest BCUT2D eigenvalue weighted by atomic mass is 16.5. The van der Waals surface area contributed by atoms with Gasteiger partial charge in [0.15, 0.2) is 5.76 Å². The molecule has 180 valence electrons. The lowest BCUT2D eigenvalue weighted by Crippen LogP contribution is -2.40. The van der Waals surface area contributed by atoms with E-state index in [0.717, 1.165) is 31.2 Å². The first-order valence-corrected chi connectivity index (χ1v) is 11.6. The van der Waals surface area contributed by atoms with Gasteiger partial charge in [-0.2, -0.15) is 0 Å². The number of aryl methyl sites for hydroxylation is 1. The molecule has 1 aliphatic rings. The van der Waals surface area contributed by atoms with Gasteiger partial charge in [-0.15, -0.1) is 0 Å². The molecule has 3 aromatic rings. The normalized spacial score (nSPS) is 15.1. The summed E-state index contributed by atoms with van der Waals surface area (Å²) in [5.74, 6) is 1.69. The average Bonchev–Trinajstić information content (AvgIpc) is 3.45. The molecule has 0 aliphatic heterocycles. The summed E-state index contributed by atoms with van der Waals surface area (Å²) in [7, 11) is 1.57. The van der Waals surface area contributed by atoms with E-state index >= 15 is 0 Å². The van der Waals surface area contributed by atoms with Crippen molar-refractivity contribution in [2.24, 2.45) is 5.41 Å². The van der Waals surface area contributed by atoms with Crippen LogP contribution in [0.3, 0.4) is 0 Å². The van der Waals surface area contributed by atoms with Crippen molar-refractivity contribution in [2.45, 2.75) is 59.1 Å². The molecule has 0 radical (unpaired) electrons. The predicted molar refractivity (Wildman–Crippen MR) is 127 cm³/mol. The first-order chi connectivity index (χ1) is 16.4. The van der Waals surface area contributed by atoms with E-state index in [2.05, 4.69) is 15.6 Å². The summed E-state index contributed by atoms with van der Waals surface area (Å²) < 4.78 is 16.3. The van der Waals surface area contributed by atoms with E-state index in [4.69, 9.17) is 13.6 Å². The van der Waals surface area contributed by atoms with Gasteiger partial charge in [-0.3, -0.25) is 9.59 Å². The van der Waals surface area contributed by atoms with Crippen molar-refractivity contribution in [3.63, 3.8) is 0 Å². The highest BCUT2D eigenvalue weighted by molar-refractivity contribution is 6.02. The topological polar surface area (TPSA) is 107 Å². The van der Waals surface area contributed by atoms with Crippen LogP contribution in [-0.2, 0) is 22.7 Å². The Morgan fingerprint density at radius 3 is 2.50 bits per heavy atom. The third kappa shape index (κ3) is 5.39. The highest BCUT2D eigenvalue weighted by Crippen LogP contribution is 2.36. The molecular formula is C26H31N3O5. The monoisotopic (exact) mass is 465 g/mol. The van der Waals surface area contributed by atoms with Crippen molar-refractivity contribution >= 4 is 17.5 Å². The van der Waals surface area contributed by atoms with Gasteiger partial charge in [-0.05, 0) is 56.2 Å². The van der Waals surface area contributed by atoms with Gasteiger partial charge in [0.05, 0.1) is 6.54 Å². The number of benzene rings is 1. The molecule has 2 amide bonds. The zero-order valence-electron chi connectivity index (χ0n) is 19.9. The second-order valence-electron chi connectivity index (χ2n) is 9.06. The lowest BCUT2D eigenvalue weighted by Gasteiger charge is -2.31. The van der Waals surface area contributed by atoms with E-state index in [1.807, 2.05) is 26.0 Å². The van der Waals surface area contributed by atoms with Gasteiger partial charge in [0.25, 0.3) is 5.91 Å². The molecule has 34 heavy (non-hydrogen) atoms. The molecular weight excluding hydrogens is 434 g/mol. The number of aromatic nitrogens is 1. The maximum absolute atomic E-state index is 12.7. The molecule has 2 aromatic heterocycles. The van der Waals surface area contributed by atoms with Gasteiger partial charge in [-0.25, -0.2) is 4.98 Å². The number of ether oxygens (including phenoxy) is 1. The Hall–Kier alpha value is -3.39. The predicted octanol–water partition coefficient (Wildman–Crippen LogP) is 5.23. The standard InChI is InChI=1S/C26H31N3O5/c1-17-21(15-27-25(31)26(2)13-5-4-6-14-26)29-24(33-17)18-7-9-19(10-8-18)28-23(30)22-12-11-20(34-22)16-32-3/h7-12H,4-6,13-16H2,1-3H3,(H,27,31)(H,28,30). The first-order valence-electron chi connectivity index (χ1n) is 11.6. The van der Waals surface area contributed by atoms with E-state index in [1.165, 1.54) is 6.42 Å². The van der Waals surface area contributed by atoms with Crippen LogP contribution in [0.25, 0.3) is 11.5 Å². The number of oxazole rings is 1. The number of nitrogens with zero attached hydrogens (tertiary/aromatic N) is 1. The minimum Gasteiger partial charge on any atom is -0.453 e. The molecule has 0 saturated heterocycles. The lowest BCUT2D eigenvalue weighted by molar-refractivity contribution is -0.132. The summed E-state index contributed by atoms with van der Waals surface area (Å²) in [6.07, 6.45) is 5.26. The average molecular weight is 466 g/mol. The molecule has 0 bridgehead atoms. The van der Waals surface area contributed by atoms with E-state index in [1.54, 1.807) is 31.4 Å². The molecule has 0 spiro atoms. The highest BCUT2D eigenvalue weighted by Gasteiger charge is 2.34. The van der Waals surface area contributed by atoms with Crippen LogP contribution in [0, 0.1) is 12.3 Å². The number of nitrogens with one attached hydrogen (secondary N) is 2. The molecule has 0 atom stereocenters. The summed E-state index contributed by atoms with van der Waals surface area (Å²) in [6, 6.07) is 10.5. The van der Waals surface area contributed by atoms with E-state index < -0.39 is 0 Å². The molecule has 1 aromatic carbocycles. The fraction of sp³-hybridized carbons (Fsp3) is 0.423. The molecule has 1 aliphatic carbocycles. The molecule has 2 heterocycles. The smallest absolute Gasteiger partial charge is 0.291 e. The van der Waals surface area contributed by atoms with Crippen molar-refractivity contribution in [1.29, 1.82) is 0 Å². The zero-order chi connectivity index (χ0) is 24.1. The van der Waals surface area contributed by atoms with Gasteiger partial charge < -0.3 is 24.2 Å². The Labute approximate surface area is 199 Å². The van der Waals surface area contributed by atoms with Crippen molar-refractivity contribution in [3.05, 3.63) is 59.4 Å². The number of carbonyl (C=O) groups is 2. The quantitative estimate of drug-likeness (QED) is 0.472. The third-order valence-electron chi connectivity index (χ3n) is 6.38. The Morgan fingerprint density at radius 1 is 1.06 bits per heavy atom. The van der Waals surface area contributed by atoms with Crippen LogP contribution in [0.2, 0.25) is 0 Å². The van der Waals surface area contributed by atoms with Crippen LogP contribution in [0.1, 0.15) is 66.8 Å². The molecule has 2 N–H and O–H groups in total. The maximum Gasteiger partial charge on any atom is 0.291 e. The van der Waals surface area contributed by atoms with Crippen molar-refractivity contribution < 1.29 is 23.2 Å².